The van der Waals surface area contributed by atoms with Gasteiger partial charge in [0.05, 0.1) is 0 Å². The Labute approximate surface area is 118 Å². The molecular formula is C16H32N2O. The van der Waals surface area contributed by atoms with Crippen molar-refractivity contribution in [1.82, 2.24) is 4.90 Å². The predicted octanol–water partition coefficient (Wildman–Crippen LogP) is 3.18. The van der Waals surface area contributed by atoms with Crippen molar-refractivity contribution in [2.75, 3.05) is 19.6 Å². The first-order valence-corrected chi connectivity index (χ1v) is 7.96. The number of amides is 1. The van der Waals surface area contributed by atoms with E-state index in [4.69, 9.17) is 5.73 Å². The van der Waals surface area contributed by atoms with Crippen LogP contribution in [-0.2, 0) is 4.79 Å². The van der Waals surface area contributed by atoms with Crippen LogP contribution in [0.3, 0.4) is 0 Å². The molecule has 0 aromatic rings. The molecule has 1 amide bonds. The van der Waals surface area contributed by atoms with Crippen LogP contribution in [0.2, 0.25) is 0 Å². The molecule has 1 heterocycles. The molecule has 3 nitrogen and oxygen atoms in total. The van der Waals surface area contributed by atoms with Gasteiger partial charge in [-0.1, -0.05) is 33.6 Å². The summed E-state index contributed by atoms with van der Waals surface area (Å²) in [7, 11) is 0. The summed E-state index contributed by atoms with van der Waals surface area (Å²) in [4.78, 5) is 14.3. The average Bonchev–Trinajstić information content (AvgIpc) is 2.37. The third kappa shape index (κ3) is 5.94. The first-order valence-electron chi connectivity index (χ1n) is 7.96. The minimum absolute atomic E-state index is 0.199. The fourth-order valence-corrected chi connectivity index (χ4v) is 3.00. The molecule has 0 aromatic heterocycles. The van der Waals surface area contributed by atoms with Crippen molar-refractivity contribution < 1.29 is 4.79 Å². The van der Waals surface area contributed by atoms with Gasteiger partial charge in [0.2, 0.25) is 5.91 Å². The van der Waals surface area contributed by atoms with Gasteiger partial charge < -0.3 is 10.6 Å². The van der Waals surface area contributed by atoms with Crippen LogP contribution < -0.4 is 5.73 Å². The van der Waals surface area contributed by atoms with Gasteiger partial charge in [-0.3, -0.25) is 4.79 Å². The van der Waals surface area contributed by atoms with Crippen LogP contribution in [0.5, 0.6) is 0 Å². The molecule has 0 aliphatic carbocycles. The largest absolute Gasteiger partial charge is 0.343 e. The van der Waals surface area contributed by atoms with Crippen molar-refractivity contribution >= 4 is 5.91 Å². The standard InChI is InChI=1S/C16H32N2O/c1-4-5-14-7-12-18(13-8-14)15(19)6-9-16(2,3)10-11-17/h14H,4-13,17H2,1-3H3. The minimum Gasteiger partial charge on any atom is -0.343 e. The Morgan fingerprint density at radius 2 is 1.89 bits per heavy atom. The summed E-state index contributed by atoms with van der Waals surface area (Å²) in [6.45, 7) is 9.32. The van der Waals surface area contributed by atoms with Crippen LogP contribution in [0.1, 0.15) is 65.7 Å². The second kappa shape index (κ2) is 7.88. The SMILES string of the molecule is CCCC1CCN(C(=O)CCC(C)(C)CCN)CC1. The van der Waals surface area contributed by atoms with Crippen LogP contribution in [0.4, 0.5) is 0 Å². The van der Waals surface area contributed by atoms with Crippen molar-refractivity contribution in [1.29, 1.82) is 0 Å². The lowest BCUT2D eigenvalue weighted by atomic mass is 9.84. The third-order valence-electron chi connectivity index (χ3n) is 4.50. The smallest absolute Gasteiger partial charge is 0.222 e. The van der Waals surface area contributed by atoms with Gasteiger partial charge in [0.25, 0.3) is 0 Å². The Morgan fingerprint density at radius 1 is 1.26 bits per heavy atom. The lowest BCUT2D eigenvalue weighted by Gasteiger charge is -2.33. The number of hydrogen-bond acceptors (Lipinski definition) is 2. The summed E-state index contributed by atoms with van der Waals surface area (Å²) in [6, 6.07) is 0. The molecule has 0 unspecified atom stereocenters. The maximum Gasteiger partial charge on any atom is 0.222 e. The van der Waals surface area contributed by atoms with Crippen molar-refractivity contribution in [3.05, 3.63) is 0 Å². The zero-order valence-corrected chi connectivity index (χ0v) is 13.1. The molecule has 0 spiro atoms. The molecule has 112 valence electrons. The fourth-order valence-electron chi connectivity index (χ4n) is 3.00. The Kier molecular flexibility index (Phi) is 6.84. The van der Waals surface area contributed by atoms with Gasteiger partial charge in [0.15, 0.2) is 0 Å². The first-order chi connectivity index (χ1) is 8.98. The summed E-state index contributed by atoms with van der Waals surface area (Å²) in [5, 5.41) is 0. The molecule has 1 aliphatic heterocycles. The topological polar surface area (TPSA) is 46.3 Å². The van der Waals surface area contributed by atoms with Crippen LogP contribution in [0.25, 0.3) is 0 Å². The Balaban J connectivity index is 2.28. The third-order valence-corrected chi connectivity index (χ3v) is 4.50. The molecule has 0 bridgehead atoms. The van der Waals surface area contributed by atoms with E-state index in [0.29, 0.717) is 18.9 Å². The Morgan fingerprint density at radius 3 is 2.42 bits per heavy atom. The molecule has 1 fully saturated rings. The zero-order valence-electron chi connectivity index (χ0n) is 13.1. The average molecular weight is 268 g/mol. The van der Waals surface area contributed by atoms with Crippen molar-refractivity contribution in [3.8, 4) is 0 Å². The number of rotatable bonds is 7. The summed E-state index contributed by atoms with van der Waals surface area (Å²) in [5.41, 5.74) is 5.81. The fraction of sp³-hybridized carbons (Fsp3) is 0.938. The van der Waals surface area contributed by atoms with Gasteiger partial charge in [0.1, 0.15) is 0 Å². The molecule has 2 N–H and O–H groups in total. The highest BCUT2D eigenvalue weighted by atomic mass is 16.2. The van der Waals surface area contributed by atoms with Crippen LogP contribution in [0.15, 0.2) is 0 Å². The molecule has 3 heteroatoms. The number of likely N-dealkylation sites (tertiary alicyclic amines) is 1. The van der Waals surface area contributed by atoms with Crippen molar-refractivity contribution in [2.24, 2.45) is 17.1 Å². The lowest BCUT2D eigenvalue weighted by molar-refractivity contribution is -0.133. The summed E-state index contributed by atoms with van der Waals surface area (Å²) < 4.78 is 0. The Bertz CT molecular complexity index is 268. The van der Waals surface area contributed by atoms with Gasteiger partial charge in [0, 0.05) is 19.5 Å². The monoisotopic (exact) mass is 268 g/mol. The Hall–Kier alpha value is -0.570. The van der Waals surface area contributed by atoms with Crippen LogP contribution >= 0.6 is 0 Å². The van der Waals surface area contributed by atoms with E-state index in [1.165, 1.54) is 25.7 Å². The molecule has 1 rings (SSSR count). The molecule has 0 radical (unpaired) electrons. The summed E-state index contributed by atoms with van der Waals surface area (Å²) >= 11 is 0. The van der Waals surface area contributed by atoms with Gasteiger partial charge in [-0.15, -0.1) is 0 Å². The molecule has 0 atom stereocenters. The number of nitrogens with two attached hydrogens (primary N) is 1. The molecule has 0 aromatic carbocycles. The van der Waals surface area contributed by atoms with E-state index in [-0.39, 0.29) is 5.41 Å². The molecular weight excluding hydrogens is 236 g/mol. The van der Waals surface area contributed by atoms with E-state index < -0.39 is 0 Å². The van der Waals surface area contributed by atoms with E-state index in [2.05, 4.69) is 25.7 Å². The van der Waals surface area contributed by atoms with Crippen LogP contribution in [0, 0.1) is 11.3 Å². The maximum absolute atomic E-state index is 12.2. The highest BCUT2D eigenvalue weighted by Crippen LogP contribution is 2.27. The normalized spacial score (nSPS) is 17.8. The second-order valence-corrected chi connectivity index (χ2v) is 6.82. The molecule has 1 saturated heterocycles. The van der Waals surface area contributed by atoms with Crippen LogP contribution in [-0.4, -0.2) is 30.4 Å². The first kappa shape index (κ1) is 16.5. The van der Waals surface area contributed by atoms with Gasteiger partial charge >= 0.3 is 0 Å². The van der Waals surface area contributed by atoms with E-state index in [0.717, 1.165) is 31.8 Å². The summed E-state index contributed by atoms with van der Waals surface area (Å²) in [5.74, 6) is 1.20. The number of nitrogens with zero attached hydrogens (tertiary/aromatic N) is 1. The maximum atomic E-state index is 12.2. The molecule has 0 saturated carbocycles. The van der Waals surface area contributed by atoms with Gasteiger partial charge in [-0.05, 0) is 43.6 Å². The quantitative estimate of drug-likeness (QED) is 0.771. The number of hydrogen-bond donors (Lipinski definition) is 1. The number of carbonyl (C=O) groups excluding carboxylic acids is 1. The molecule has 1 aliphatic rings. The highest BCUT2D eigenvalue weighted by Gasteiger charge is 2.24. The van der Waals surface area contributed by atoms with Gasteiger partial charge in [-0.25, -0.2) is 0 Å². The van der Waals surface area contributed by atoms with E-state index in [1.807, 2.05) is 0 Å². The van der Waals surface area contributed by atoms with Crippen molar-refractivity contribution in [3.63, 3.8) is 0 Å². The van der Waals surface area contributed by atoms with E-state index in [9.17, 15) is 4.79 Å². The van der Waals surface area contributed by atoms with E-state index >= 15 is 0 Å². The minimum atomic E-state index is 0.199. The summed E-state index contributed by atoms with van der Waals surface area (Å²) in [6.07, 6.45) is 7.64. The predicted molar refractivity (Wildman–Crippen MR) is 80.9 cm³/mol. The molecule has 19 heavy (non-hydrogen) atoms. The second-order valence-electron chi connectivity index (χ2n) is 6.82. The zero-order chi connectivity index (χ0) is 14.3. The number of carbonyl (C=O) groups is 1. The van der Waals surface area contributed by atoms with E-state index in [1.54, 1.807) is 0 Å². The highest BCUT2D eigenvalue weighted by molar-refractivity contribution is 5.76. The van der Waals surface area contributed by atoms with Gasteiger partial charge in [-0.2, -0.15) is 0 Å². The lowest BCUT2D eigenvalue weighted by Crippen LogP contribution is -2.38. The van der Waals surface area contributed by atoms with Crippen molar-refractivity contribution in [2.45, 2.75) is 65.7 Å². The number of piperidine rings is 1.